The van der Waals surface area contributed by atoms with E-state index in [0.29, 0.717) is 54.1 Å². The molecule has 9 heteroatoms. The van der Waals surface area contributed by atoms with Crippen molar-refractivity contribution in [1.29, 1.82) is 0 Å². The van der Waals surface area contributed by atoms with Gasteiger partial charge in [0.25, 0.3) is 5.91 Å². The maximum atomic E-state index is 13.4. The molecular formula is C33H42N4O5. The minimum Gasteiger partial charge on any atom is -0.497 e. The number of anilines is 3. The standard InChI is InChI=1S/C33H42N4O5/c1-4-42-20-8-17-34-32(38)28-22-26(35-33(39)36-29-13-12-27(40-2)23-31(29)41-3)11-14-30(28)37-18-15-25(16-19-37)21-24-9-6-5-7-10-24/h5-7,9-14,22-23,25H,4,8,15-21H2,1-3H3,(H,34,38)(H2,35,36,39). The van der Waals surface area contributed by atoms with Crippen molar-refractivity contribution in [3.63, 3.8) is 0 Å². The molecule has 0 unspecified atom stereocenters. The minimum absolute atomic E-state index is 0.172. The Labute approximate surface area is 248 Å². The molecule has 4 rings (SSSR count). The smallest absolute Gasteiger partial charge is 0.323 e. The largest absolute Gasteiger partial charge is 0.497 e. The molecule has 0 bridgehead atoms. The molecular weight excluding hydrogens is 532 g/mol. The number of ether oxygens (including phenoxy) is 3. The second kappa shape index (κ2) is 15.7. The third-order valence-corrected chi connectivity index (χ3v) is 7.43. The van der Waals surface area contributed by atoms with Crippen molar-refractivity contribution in [2.45, 2.75) is 32.6 Å². The lowest BCUT2D eigenvalue weighted by Crippen LogP contribution is -2.36. The number of carbonyl (C=O) groups is 2. The molecule has 3 aromatic carbocycles. The zero-order valence-electron chi connectivity index (χ0n) is 24.8. The first-order valence-electron chi connectivity index (χ1n) is 14.6. The summed E-state index contributed by atoms with van der Waals surface area (Å²) in [5, 5.41) is 8.69. The normalized spacial score (nSPS) is 13.4. The van der Waals surface area contributed by atoms with Crippen LogP contribution in [0.4, 0.5) is 21.9 Å². The average Bonchev–Trinajstić information content (AvgIpc) is 3.02. The van der Waals surface area contributed by atoms with Crippen molar-refractivity contribution < 1.29 is 23.8 Å². The summed E-state index contributed by atoms with van der Waals surface area (Å²) in [5.74, 6) is 1.53. The van der Waals surface area contributed by atoms with Crippen LogP contribution >= 0.6 is 0 Å². The Bertz CT molecular complexity index is 1310. The molecule has 42 heavy (non-hydrogen) atoms. The van der Waals surface area contributed by atoms with Crippen LogP contribution in [0.1, 0.15) is 42.1 Å². The molecule has 0 aromatic heterocycles. The van der Waals surface area contributed by atoms with E-state index in [2.05, 4.69) is 45.1 Å². The number of hydrogen-bond donors (Lipinski definition) is 3. The third kappa shape index (κ3) is 8.63. The van der Waals surface area contributed by atoms with Crippen LogP contribution in [-0.2, 0) is 11.2 Å². The van der Waals surface area contributed by atoms with Crippen LogP contribution in [0.25, 0.3) is 0 Å². The molecule has 3 N–H and O–H groups in total. The van der Waals surface area contributed by atoms with Crippen molar-refractivity contribution in [2.24, 2.45) is 5.92 Å². The van der Waals surface area contributed by atoms with Crippen LogP contribution in [-0.4, -0.2) is 59.0 Å². The van der Waals surface area contributed by atoms with E-state index in [1.54, 1.807) is 31.4 Å². The maximum Gasteiger partial charge on any atom is 0.323 e. The van der Waals surface area contributed by atoms with Crippen LogP contribution in [0.15, 0.2) is 66.7 Å². The molecule has 1 heterocycles. The van der Waals surface area contributed by atoms with Gasteiger partial charge in [0.1, 0.15) is 11.5 Å². The van der Waals surface area contributed by atoms with E-state index >= 15 is 0 Å². The van der Waals surface area contributed by atoms with Gasteiger partial charge in [-0.3, -0.25) is 4.79 Å². The van der Waals surface area contributed by atoms with Gasteiger partial charge in [-0.2, -0.15) is 0 Å². The molecule has 1 fully saturated rings. The first kappa shape index (κ1) is 30.7. The van der Waals surface area contributed by atoms with Crippen molar-refractivity contribution >= 4 is 29.0 Å². The second-order valence-corrected chi connectivity index (χ2v) is 10.3. The van der Waals surface area contributed by atoms with E-state index in [1.165, 1.54) is 12.7 Å². The van der Waals surface area contributed by atoms with Gasteiger partial charge in [0.15, 0.2) is 0 Å². The Morgan fingerprint density at radius 3 is 2.43 bits per heavy atom. The predicted octanol–water partition coefficient (Wildman–Crippen LogP) is 5.96. The van der Waals surface area contributed by atoms with Gasteiger partial charge in [-0.15, -0.1) is 0 Å². The topological polar surface area (TPSA) is 101 Å². The number of hydrogen-bond acceptors (Lipinski definition) is 6. The highest BCUT2D eigenvalue weighted by molar-refractivity contribution is 6.04. The molecule has 3 amide bonds. The zero-order chi connectivity index (χ0) is 29.7. The number of carbonyl (C=O) groups excluding carboxylic acids is 2. The summed E-state index contributed by atoms with van der Waals surface area (Å²) >= 11 is 0. The molecule has 1 aliphatic rings. The number of methoxy groups -OCH3 is 2. The second-order valence-electron chi connectivity index (χ2n) is 10.3. The lowest BCUT2D eigenvalue weighted by molar-refractivity contribution is 0.0944. The molecule has 1 aliphatic heterocycles. The SMILES string of the molecule is CCOCCCNC(=O)c1cc(NC(=O)Nc2ccc(OC)cc2OC)ccc1N1CCC(Cc2ccccc2)CC1. The van der Waals surface area contributed by atoms with E-state index in [9.17, 15) is 9.59 Å². The van der Waals surface area contributed by atoms with Crippen LogP contribution in [0.3, 0.4) is 0 Å². The first-order chi connectivity index (χ1) is 20.5. The molecule has 0 spiro atoms. The van der Waals surface area contributed by atoms with Gasteiger partial charge in [0.2, 0.25) is 0 Å². The van der Waals surface area contributed by atoms with Gasteiger partial charge < -0.3 is 35.1 Å². The Morgan fingerprint density at radius 1 is 0.929 bits per heavy atom. The zero-order valence-corrected chi connectivity index (χ0v) is 24.8. The molecule has 0 atom stereocenters. The fourth-order valence-corrected chi connectivity index (χ4v) is 5.20. The van der Waals surface area contributed by atoms with E-state index in [4.69, 9.17) is 14.2 Å². The maximum absolute atomic E-state index is 13.4. The summed E-state index contributed by atoms with van der Waals surface area (Å²) in [6.07, 6.45) is 3.90. The number of urea groups is 1. The summed E-state index contributed by atoms with van der Waals surface area (Å²) in [4.78, 5) is 28.6. The monoisotopic (exact) mass is 574 g/mol. The molecule has 1 saturated heterocycles. The average molecular weight is 575 g/mol. The molecule has 0 aliphatic carbocycles. The van der Waals surface area contributed by atoms with Crippen LogP contribution in [0, 0.1) is 5.92 Å². The quantitative estimate of drug-likeness (QED) is 0.218. The van der Waals surface area contributed by atoms with E-state index < -0.39 is 6.03 Å². The molecule has 9 nitrogen and oxygen atoms in total. The highest BCUT2D eigenvalue weighted by Crippen LogP contribution is 2.31. The Balaban J connectivity index is 1.46. The van der Waals surface area contributed by atoms with Gasteiger partial charge in [0, 0.05) is 50.3 Å². The molecule has 3 aromatic rings. The number of amides is 3. The predicted molar refractivity (Wildman–Crippen MR) is 167 cm³/mol. The van der Waals surface area contributed by atoms with Crippen molar-refractivity contribution in [2.75, 3.05) is 62.6 Å². The molecule has 0 saturated carbocycles. The Hall–Kier alpha value is -4.24. The minimum atomic E-state index is -0.448. The van der Waals surface area contributed by atoms with Gasteiger partial charge in [-0.05, 0) is 74.4 Å². The number of nitrogens with one attached hydrogen (secondary N) is 3. The van der Waals surface area contributed by atoms with E-state index in [1.807, 2.05) is 25.1 Å². The van der Waals surface area contributed by atoms with Gasteiger partial charge >= 0.3 is 6.03 Å². The van der Waals surface area contributed by atoms with E-state index in [0.717, 1.165) is 44.5 Å². The first-order valence-corrected chi connectivity index (χ1v) is 14.6. The van der Waals surface area contributed by atoms with Gasteiger partial charge in [-0.1, -0.05) is 30.3 Å². The van der Waals surface area contributed by atoms with Crippen molar-refractivity contribution in [3.8, 4) is 11.5 Å². The Kier molecular flexibility index (Phi) is 11.5. The van der Waals surface area contributed by atoms with Crippen LogP contribution < -0.4 is 30.3 Å². The van der Waals surface area contributed by atoms with Gasteiger partial charge in [0.05, 0.1) is 25.5 Å². The van der Waals surface area contributed by atoms with Crippen LogP contribution in [0.2, 0.25) is 0 Å². The molecule has 0 radical (unpaired) electrons. The van der Waals surface area contributed by atoms with Crippen molar-refractivity contribution in [1.82, 2.24) is 5.32 Å². The number of nitrogens with zero attached hydrogens (tertiary/aromatic N) is 1. The summed E-state index contributed by atoms with van der Waals surface area (Å²) in [6, 6.07) is 20.8. The highest BCUT2D eigenvalue weighted by atomic mass is 16.5. The Morgan fingerprint density at radius 2 is 1.71 bits per heavy atom. The fraction of sp³-hybridized carbons (Fsp3) is 0.394. The summed E-state index contributed by atoms with van der Waals surface area (Å²) in [6.45, 7) is 5.44. The van der Waals surface area contributed by atoms with Crippen LogP contribution in [0.5, 0.6) is 11.5 Å². The fourth-order valence-electron chi connectivity index (χ4n) is 5.20. The number of rotatable bonds is 13. The van der Waals surface area contributed by atoms with E-state index in [-0.39, 0.29) is 5.91 Å². The summed E-state index contributed by atoms with van der Waals surface area (Å²) in [5.41, 5.74) is 3.79. The lowest BCUT2D eigenvalue weighted by Gasteiger charge is -2.35. The number of piperidine rings is 1. The highest BCUT2D eigenvalue weighted by Gasteiger charge is 2.24. The molecule has 224 valence electrons. The number of benzene rings is 3. The summed E-state index contributed by atoms with van der Waals surface area (Å²) < 4.78 is 16.0. The lowest BCUT2D eigenvalue weighted by atomic mass is 9.89. The third-order valence-electron chi connectivity index (χ3n) is 7.43. The summed E-state index contributed by atoms with van der Waals surface area (Å²) in [7, 11) is 3.10. The van der Waals surface area contributed by atoms with Crippen molar-refractivity contribution in [3.05, 3.63) is 77.9 Å². The van der Waals surface area contributed by atoms with Gasteiger partial charge in [-0.25, -0.2) is 4.79 Å².